The molecule has 1 amide bonds. The van der Waals surface area contributed by atoms with Crippen LogP contribution in [0, 0.1) is 5.92 Å². The molecule has 1 saturated heterocycles. The van der Waals surface area contributed by atoms with Crippen molar-refractivity contribution in [2.45, 2.75) is 18.9 Å². The molecule has 4 heteroatoms. The van der Waals surface area contributed by atoms with Crippen LogP contribution in [0.5, 0.6) is 0 Å². The molecule has 2 aliphatic rings. The lowest BCUT2D eigenvalue weighted by Crippen LogP contribution is -2.44. The van der Waals surface area contributed by atoms with Crippen molar-refractivity contribution in [2.75, 3.05) is 0 Å². The molecule has 1 aliphatic heterocycles. The number of hydrogen-bond donors (Lipinski definition) is 1. The maximum absolute atomic E-state index is 13.1. The summed E-state index contributed by atoms with van der Waals surface area (Å²) in [7, 11) is 0. The Kier molecular flexibility index (Phi) is 2.24. The number of halogens is 2. The SMILES string of the molecule is O=C1CCC2C=C(Br)C(F)=CC2N1. The third-order valence-corrected chi connectivity index (χ3v) is 3.05. The Morgan fingerprint density at radius 1 is 1.54 bits per heavy atom. The fourth-order valence-corrected chi connectivity index (χ4v) is 2.17. The van der Waals surface area contributed by atoms with Crippen LogP contribution in [0.1, 0.15) is 12.8 Å². The summed E-state index contributed by atoms with van der Waals surface area (Å²) in [5.41, 5.74) is 0. The number of amides is 1. The second kappa shape index (κ2) is 3.25. The molecule has 1 N–H and O–H groups in total. The Morgan fingerprint density at radius 2 is 2.31 bits per heavy atom. The zero-order chi connectivity index (χ0) is 9.42. The van der Waals surface area contributed by atoms with Gasteiger partial charge in [0.25, 0.3) is 0 Å². The van der Waals surface area contributed by atoms with Crippen LogP contribution in [0.25, 0.3) is 0 Å². The monoisotopic (exact) mass is 245 g/mol. The van der Waals surface area contributed by atoms with E-state index in [2.05, 4.69) is 21.2 Å². The largest absolute Gasteiger partial charge is 0.349 e. The van der Waals surface area contributed by atoms with Gasteiger partial charge < -0.3 is 5.32 Å². The van der Waals surface area contributed by atoms with E-state index in [-0.39, 0.29) is 23.7 Å². The molecule has 1 aliphatic carbocycles. The molecule has 2 atom stereocenters. The lowest BCUT2D eigenvalue weighted by molar-refractivity contribution is -0.123. The number of hydrogen-bond acceptors (Lipinski definition) is 1. The second-order valence-electron chi connectivity index (χ2n) is 3.33. The molecule has 0 saturated carbocycles. The maximum atomic E-state index is 13.1. The van der Waals surface area contributed by atoms with Gasteiger partial charge in [-0.25, -0.2) is 4.39 Å². The number of rotatable bonds is 0. The van der Waals surface area contributed by atoms with E-state index in [1.165, 1.54) is 6.08 Å². The Hall–Kier alpha value is -0.640. The lowest BCUT2D eigenvalue weighted by atomic mass is 9.87. The van der Waals surface area contributed by atoms with Crippen LogP contribution in [0.4, 0.5) is 4.39 Å². The molecular formula is C9H9BrFNO. The molecule has 0 bridgehead atoms. The highest BCUT2D eigenvalue weighted by Gasteiger charge is 2.29. The molecule has 0 aromatic carbocycles. The zero-order valence-corrected chi connectivity index (χ0v) is 8.47. The molecule has 2 unspecified atom stereocenters. The van der Waals surface area contributed by atoms with Crippen LogP contribution in [0.2, 0.25) is 0 Å². The minimum atomic E-state index is -0.288. The minimum absolute atomic E-state index is 0.0109. The van der Waals surface area contributed by atoms with Crippen molar-refractivity contribution in [3.63, 3.8) is 0 Å². The van der Waals surface area contributed by atoms with E-state index in [9.17, 15) is 9.18 Å². The van der Waals surface area contributed by atoms with Gasteiger partial charge >= 0.3 is 0 Å². The summed E-state index contributed by atoms with van der Waals surface area (Å²) in [6.07, 6.45) is 4.63. The zero-order valence-electron chi connectivity index (χ0n) is 6.89. The Bertz CT molecular complexity index is 311. The molecule has 2 nitrogen and oxygen atoms in total. The number of allylic oxidation sites excluding steroid dienone is 2. The van der Waals surface area contributed by atoms with Crippen LogP contribution in [-0.4, -0.2) is 11.9 Å². The van der Waals surface area contributed by atoms with Crippen molar-refractivity contribution >= 4 is 21.8 Å². The summed E-state index contributed by atoms with van der Waals surface area (Å²) >= 11 is 3.14. The number of nitrogens with one attached hydrogen (secondary N) is 1. The normalized spacial score (nSPS) is 32.9. The van der Waals surface area contributed by atoms with Gasteiger partial charge in [-0.2, -0.15) is 0 Å². The molecule has 1 heterocycles. The van der Waals surface area contributed by atoms with E-state index < -0.39 is 0 Å². The maximum Gasteiger partial charge on any atom is 0.220 e. The van der Waals surface area contributed by atoms with Crippen LogP contribution in [0.15, 0.2) is 22.5 Å². The summed E-state index contributed by atoms with van der Waals surface area (Å²) in [4.78, 5) is 11.0. The van der Waals surface area contributed by atoms with E-state index in [0.717, 1.165) is 6.42 Å². The molecule has 0 spiro atoms. The summed E-state index contributed by atoms with van der Waals surface area (Å²) in [5, 5.41) is 2.75. The third-order valence-electron chi connectivity index (χ3n) is 2.41. The molecule has 13 heavy (non-hydrogen) atoms. The highest BCUT2D eigenvalue weighted by Crippen LogP contribution is 2.32. The van der Waals surface area contributed by atoms with E-state index in [0.29, 0.717) is 10.9 Å². The average Bonchev–Trinajstić information content (AvgIpc) is 2.08. The smallest absolute Gasteiger partial charge is 0.220 e. The Labute approximate surface area is 84.0 Å². The number of carbonyl (C=O) groups excluding carboxylic acids is 1. The highest BCUT2D eigenvalue weighted by atomic mass is 79.9. The average molecular weight is 246 g/mol. The Balaban J connectivity index is 2.21. The van der Waals surface area contributed by atoms with Crippen molar-refractivity contribution in [1.82, 2.24) is 5.32 Å². The fraction of sp³-hybridized carbons (Fsp3) is 0.444. The molecule has 2 rings (SSSR count). The molecule has 70 valence electrons. The van der Waals surface area contributed by atoms with Gasteiger partial charge in [0, 0.05) is 16.8 Å². The molecule has 0 radical (unpaired) electrons. The van der Waals surface area contributed by atoms with Gasteiger partial charge in [-0.3, -0.25) is 4.79 Å². The number of fused-ring (bicyclic) bond motifs is 1. The van der Waals surface area contributed by atoms with E-state index in [1.54, 1.807) is 0 Å². The van der Waals surface area contributed by atoms with Crippen LogP contribution < -0.4 is 5.32 Å². The fourth-order valence-electron chi connectivity index (χ4n) is 1.70. The first-order chi connectivity index (χ1) is 6.16. The van der Waals surface area contributed by atoms with Gasteiger partial charge in [0.2, 0.25) is 5.91 Å². The molecule has 0 aromatic rings. The van der Waals surface area contributed by atoms with Crippen LogP contribution in [0.3, 0.4) is 0 Å². The summed E-state index contributed by atoms with van der Waals surface area (Å²) < 4.78 is 13.6. The first kappa shape index (κ1) is 8.94. The van der Waals surface area contributed by atoms with E-state index in [4.69, 9.17) is 0 Å². The van der Waals surface area contributed by atoms with Crippen molar-refractivity contribution in [1.29, 1.82) is 0 Å². The predicted octanol–water partition coefficient (Wildman–Crippen LogP) is 2.03. The quantitative estimate of drug-likeness (QED) is 0.696. The van der Waals surface area contributed by atoms with Crippen molar-refractivity contribution in [3.05, 3.63) is 22.5 Å². The van der Waals surface area contributed by atoms with Crippen LogP contribution >= 0.6 is 15.9 Å². The topological polar surface area (TPSA) is 29.1 Å². The highest BCUT2D eigenvalue weighted by molar-refractivity contribution is 9.11. The molecule has 1 fully saturated rings. The molecule has 0 aromatic heterocycles. The van der Waals surface area contributed by atoms with E-state index >= 15 is 0 Å². The van der Waals surface area contributed by atoms with Crippen molar-refractivity contribution < 1.29 is 9.18 Å². The number of piperidine rings is 1. The van der Waals surface area contributed by atoms with Gasteiger partial charge in [0.1, 0.15) is 5.83 Å². The standard InChI is InChI=1S/C9H9BrFNO/c10-6-3-5-1-2-9(13)12-8(5)4-7(6)11/h3-5,8H,1-2H2,(H,12,13). The van der Waals surface area contributed by atoms with Gasteiger partial charge in [-0.05, 0) is 28.4 Å². The van der Waals surface area contributed by atoms with Crippen LogP contribution in [-0.2, 0) is 4.79 Å². The first-order valence-electron chi connectivity index (χ1n) is 4.21. The first-order valence-corrected chi connectivity index (χ1v) is 5.00. The lowest BCUT2D eigenvalue weighted by Gasteiger charge is -2.30. The van der Waals surface area contributed by atoms with Crippen molar-refractivity contribution in [3.8, 4) is 0 Å². The Morgan fingerprint density at radius 3 is 3.08 bits per heavy atom. The summed E-state index contributed by atoms with van der Waals surface area (Å²) in [5.74, 6) is -0.0354. The van der Waals surface area contributed by atoms with Gasteiger partial charge in [0.05, 0.1) is 6.04 Å². The van der Waals surface area contributed by atoms with Gasteiger partial charge in [-0.15, -0.1) is 0 Å². The predicted molar refractivity (Wildman–Crippen MR) is 50.9 cm³/mol. The molecular weight excluding hydrogens is 237 g/mol. The number of carbonyl (C=O) groups is 1. The third kappa shape index (κ3) is 1.68. The van der Waals surface area contributed by atoms with Gasteiger partial charge in [-0.1, -0.05) is 6.08 Å². The van der Waals surface area contributed by atoms with Gasteiger partial charge in [0.15, 0.2) is 0 Å². The summed E-state index contributed by atoms with van der Waals surface area (Å²) in [6.45, 7) is 0. The summed E-state index contributed by atoms with van der Waals surface area (Å²) in [6, 6.07) is -0.150. The van der Waals surface area contributed by atoms with E-state index in [1.807, 2.05) is 6.08 Å². The second-order valence-corrected chi connectivity index (χ2v) is 4.18. The minimum Gasteiger partial charge on any atom is -0.349 e. The van der Waals surface area contributed by atoms with Crippen molar-refractivity contribution in [2.24, 2.45) is 5.92 Å².